The molecule has 0 aromatic carbocycles. The number of nitrogens with one attached hydrogen (secondary N) is 2. The van der Waals surface area contributed by atoms with Gasteiger partial charge in [0.25, 0.3) is 0 Å². The van der Waals surface area contributed by atoms with Crippen LogP contribution in [-0.4, -0.2) is 50.1 Å². The first-order valence-electron chi connectivity index (χ1n) is 6.72. The Balaban J connectivity index is 3.50. The lowest BCUT2D eigenvalue weighted by atomic mass is 10.4. The van der Waals surface area contributed by atoms with Crippen LogP contribution in [0.1, 0.15) is 33.1 Å². The number of carbonyl (C=O) groups is 4. The molecule has 0 saturated heterocycles. The van der Waals surface area contributed by atoms with Crippen LogP contribution in [0, 0.1) is 0 Å². The molecule has 0 bridgehead atoms. The van der Waals surface area contributed by atoms with Gasteiger partial charge in [-0.15, -0.1) is 0 Å². The minimum Gasteiger partial charge on any atom is -0.465 e. The second kappa shape index (κ2) is 11.7. The molecule has 0 aliphatic rings. The molecule has 120 valence electrons. The predicted octanol–water partition coefficient (Wildman–Crippen LogP) is -0.485. The maximum absolute atomic E-state index is 11.3. The molecule has 0 spiro atoms. The van der Waals surface area contributed by atoms with E-state index >= 15 is 0 Å². The topological polar surface area (TPSA) is 111 Å². The predicted molar refractivity (Wildman–Crippen MR) is 73.1 cm³/mol. The van der Waals surface area contributed by atoms with Gasteiger partial charge in [-0.1, -0.05) is 0 Å². The lowest BCUT2D eigenvalue weighted by molar-refractivity contribution is -0.154. The Morgan fingerprint density at radius 1 is 0.762 bits per heavy atom. The van der Waals surface area contributed by atoms with E-state index in [0.717, 1.165) is 0 Å². The van der Waals surface area contributed by atoms with Crippen molar-refractivity contribution < 1.29 is 28.7 Å². The molecule has 0 aromatic heterocycles. The lowest BCUT2D eigenvalue weighted by Crippen LogP contribution is -2.23. The maximum Gasteiger partial charge on any atom is 0.317 e. The van der Waals surface area contributed by atoms with Crippen molar-refractivity contribution in [3.05, 3.63) is 0 Å². The van der Waals surface area contributed by atoms with Gasteiger partial charge in [-0.25, -0.2) is 0 Å². The van der Waals surface area contributed by atoms with Crippen molar-refractivity contribution in [2.75, 3.05) is 26.3 Å². The van der Waals surface area contributed by atoms with Gasteiger partial charge in [-0.3, -0.25) is 19.2 Å². The van der Waals surface area contributed by atoms with E-state index in [0.29, 0.717) is 25.9 Å². The summed E-state index contributed by atoms with van der Waals surface area (Å²) in [5.41, 5.74) is 0. The fraction of sp³-hybridized carbons (Fsp3) is 0.692. The Morgan fingerprint density at radius 2 is 1.14 bits per heavy atom. The molecule has 0 aliphatic heterocycles. The van der Waals surface area contributed by atoms with E-state index < -0.39 is 18.4 Å². The molecular weight excluding hydrogens is 280 g/mol. The van der Waals surface area contributed by atoms with Gasteiger partial charge in [-0.05, 0) is 12.8 Å². The molecule has 0 rings (SSSR count). The minimum absolute atomic E-state index is 0.134. The van der Waals surface area contributed by atoms with E-state index in [-0.39, 0.29) is 25.0 Å². The second-order valence-electron chi connectivity index (χ2n) is 4.29. The first-order chi connectivity index (χ1) is 9.91. The maximum atomic E-state index is 11.3. The summed E-state index contributed by atoms with van der Waals surface area (Å²) in [5.74, 6) is -1.62. The van der Waals surface area contributed by atoms with Crippen LogP contribution in [0.5, 0.6) is 0 Å². The standard InChI is InChI=1S/C13H22N2O6/c1-10(16)14-5-3-7-20-12(18)9-13(19)21-8-4-6-15-11(2)17/h3-9H2,1-2H3,(H,14,16)(H,15,17). The van der Waals surface area contributed by atoms with Gasteiger partial charge in [0.05, 0.1) is 13.2 Å². The van der Waals surface area contributed by atoms with Crippen molar-refractivity contribution in [1.82, 2.24) is 10.6 Å². The van der Waals surface area contributed by atoms with E-state index in [1.165, 1.54) is 13.8 Å². The highest BCUT2D eigenvalue weighted by Gasteiger charge is 2.11. The molecule has 2 N–H and O–H groups in total. The summed E-state index contributed by atoms with van der Waals surface area (Å²) in [5, 5.41) is 5.11. The summed E-state index contributed by atoms with van der Waals surface area (Å²) >= 11 is 0. The zero-order valence-corrected chi connectivity index (χ0v) is 12.4. The molecule has 0 aromatic rings. The molecule has 8 nitrogen and oxygen atoms in total. The van der Waals surface area contributed by atoms with Gasteiger partial charge in [0, 0.05) is 26.9 Å². The quantitative estimate of drug-likeness (QED) is 0.320. The molecule has 0 atom stereocenters. The van der Waals surface area contributed by atoms with Crippen LogP contribution in [0.15, 0.2) is 0 Å². The fourth-order valence-corrected chi connectivity index (χ4v) is 1.27. The third-order valence-corrected chi connectivity index (χ3v) is 2.20. The summed E-state index contributed by atoms with van der Waals surface area (Å²) in [7, 11) is 0. The minimum atomic E-state index is -0.662. The van der Waals surface area contributed by atoms with Gasteiger partial charge < -0.3 is 20.1 Å². The van der Waals surface area contributed by atoms with Crippen LogP contribution >= 0.6 is 0 Å². The highest BCUT2D eigenvalue weighted by Crippen LogP contribution is 1.93. The molecule has 0 aliphatic carbocycles. The molecule has 0 saturated carbocycles. The van der Waals surface area contributed by atoms with Crippen LogP contribution in [0.3, 0.4) is 0 Å². The largest absolute Gasteiger partial charge is 0.465 e. The Morgan fingerprint density at radius 3 is 1.48 bits per heavy atom. The number of rotatable bonds is 10. The van der Waals surface area contributed by atoms with E-state index in [1.807, 2.05) is 0 Å². The Bertz CT molecular complexity index is 336. The Kier molecular flexibility index (Phi) is 10.5. The van der Waals surface area contributed by atoms with E-state index in [4.69, 9.17) is 9.47 Å². The highest BCUT2D eigenvalue weighted by atomic mass is 16.6. The van der Waals surface area contributed by atoms with Gasteiger partial charge >= 0.3 is 11.9 Å². The van der Waals surface area contributed by atoms with Crippen molar-refractivity contribution >= 4 is 23.8 Å². The molecule has 8 heteroatoms. The van der Waals surface area contributed by atoms with Crippen molar-refractivity contribution in [1.29, 1.82) is 0 Å². The van der Waals surface area contributed by atoms with Crippen molar-refractivity contribution in [2.45, 2.75) is 33.1 Å². The van der Waals surface area contributed by atoms with E-state index in [2.05, 4.69) is 10.6 Å². The molecular formula is C13H22N2O6. The van der Waals surface area contributed by atoms with E-state index in [1.54, 1.807) is 0 Å². The summed E-state index contributed by atoms with van der Waals surface area (Å²) in [6, 6.07) is 0. The van der Waals surface area contributed by atoms with Crippen LogP contribution in [-0.2, 0) is 28.7 Å². The van der Waals surface area contributed by atoms with Crippen molar-refractivity contribution in [3.8, 4) is 0 Å². The molecule has 0 heterocycles. The SMILES string of the molecule is CC(=O)NCCCOC(=O)CC(=O)OCCCNC(C)=O. The molecule has 0 unspecified atom stereocenters. The number of esters is 2. The number of amides is 2. The average Bonchev–Trinajstić information content (AvgIpc) is 2.37. The first-order valence-corrected chi connectivity index (χ1v) is 6.72. The van der Waals surface area contributed by atoms with E-state index in [9.17, 15) is 19.2 Å². The van der Waals surface area contributed by atoms with Gasteiger partial charge in [0.1, 0.15) is 6.42 Å². The third kappa shape index (κ3) is 14.1. The average molecular weight is 302 g/mol. The zero-order valence-electron chi connectivity index (χ0n) is 12.4. The third-order valence-electron chi connectivity index (χ3n) is 2.20. The second-order valence-corrected chi connectivity index (χ2v) is 4.29. The summed E-state index contributed by atoms with van der Waals surface area (Å²) in [4.78, 5) is 43.7. The Labute approximate surface area is 123 Å². The number of carbonyl (C=O) groups excluding carboxylic acids is 4. The van der Waals surface area contributed by atoms with Crippen LogP contribution in [0.4, 0.5) is 0 Å². The summed E-state index contributed by atoms with van der Waals surface area (Å²) in [6.07, 6.45) is 0.522. The summed E-state index contributed by atoms with van der Waals surface area (Å²) in [6.45, 7) is 3.89. The Hall–Kier alpha value is -2.12. The summed E-state index contributed by atoms with van der Waals surface area (Å²) < 4.78 is 9.61. The highest BCUT2D eigenvalue weighted by molar-refractivity contribution is 5.91. The van der Waals surface area contributed by atoms with Crippen LogP contribution in [0.2, 0.25) is 0 Å². The zero-order chi connectivity index (χ0) is 16.1. The monoisotopic (exact) mass is 302 g/mol. The first kappa shape index (κ1) is 18.9. The smallest absolute Gasteiger partial charge is 0.317 e. The van der Waals surface area contributed by atoms with Gasteiger partial charge in [-0.2, -0.15) is 0 Å². The normalized spacial score (nSPS) is 9.62. The van der Waals surface area contributed by atoms with Gasteiger partial charge in [0.2, 0.25) is 11.8 Å². The number of ether oxygens (including phenoxy) is 2. The van der Waals surface area contributed by atoms with Gasteiger partial charge in [0.15, 0.2) is 0 Å². The molecule has 0 radical (unpaired) electrons. The van der Waals surface area contributed by atoms with Crippen LogP contribution < -0.4 is 10.6 Å². The number of hydrogen-bond donors (Lipinski definition) is 2. The lowest BCUT2D eigenvalue weighted by Gasteiger charge is -2.06. The molecule has 2 amide bonds. The fourth-order valence-electron chi connectivity index (χ4n) is 1.27. The number of hydrogen-bond acceptors (Lipinski definition) is 6. The molecule has 21 heavy (non-hydrogen) atoms. The molecule has 0 fully saturated rings. The van der Waals surface area contributed by atoms with Crippen molar-refractivity contribution in [2.24, 2.45) is 0 Å². The van der Waals surface area contributed by atoms with Crippen molar-refractivity contribution in [3.63, 3.8) is 0 Å². The van der Waals surface area contributed by atoms with Crippen LogP contribution in [0.25, 0.3) is 0 Å².